The van der Waals surface area contributed by atoms with Crippen molar-refractivity contribution in [2.24, 2.45) is 0 Å². The van der Waals surface area contributed by atoms with Gasteiger partial charge in [0, 0.05) is 19.3 Å². The molecule has 0 saturated heterocycles. The van der Waals surface area contributed by atoms with Crippen molar-refractivity contribution >= 4 is 10.0 Å². The quantitative estimate of drug-likeness (QED) is 0.785. The molecule has 0 saturated carbocycles. The Bertz CT molecular complexity index is 383. The zero-order valence-corrected chi connectivity index (χ0v) is 9.21. The Morgan fingerprint density at radius 1 is 1.50 bits per heavy atom. The number of hydrogen-bond donors (Lipinski definition) is 1. The van der Waals surface area contributed by atoms with E-state index in [0.29, 0.717) is 13.1 Å². The van der Waals surface area contributed by atoms with Gasteiger partial charge in [-0.3, -0.25) is 4.68 Å². The van der Waals surface area contributed by atoms with Crippen LogP contribution in [0, 0.1) is 0 Å². The van der Waals surface area contributed by atoms with Gasteiger partial charge in [-0.1, -0.05) is 6.92 Å². The molecule has 0 fully saturated rings. The Labute approximate surface area is 84.2 Å². The molecule has 0 radical (unpaired) electrons. The fourth-order valence-corrected chi connectivity index (χ4v) is 2.05. The van der Waals surface area contributed by atoms with Crippen molar-refractivity contribution in [1.29, 1.82) is 0 Å². The van der Waals surface area contributed by atoms with Gasteiger partial charge in [0.2, 0.25) is 0 Å². The van der Waals surface area contributed by atoms with Crippen LogP contribution in [-0.2, 0) is 16.6 Å². The molecule has 1 N–H and O–H groups in total. The first kappa shape index (κ1) is 11.2. The Hall–Kier alpha value is -0.880. The lowest BCUT2D eigenvalue weighted by Gasteiger charge is -2.01. The molecule has 0 spiro atoms. The average Bonchev–Trinajstić information content (AvgIpc) is 2.63. The molecule has 1 heterocycles. The van der Waals surface area contributed by atoms with Crippen molar-refractivity contribution < 1.29 is 8.42 Å². The van der Waals surface area contributed by atoms with Crippen molar-refractivity contribution in [3.8, 4) is 0 Å². The maximum Gasteiger partial charge on any atom is 0.259 e. The summed E-state index contributed by atoms with van der Waals surface area (Å²) in [7, 11) is -3.39. The molecule has 6 heteroatoms. The van der Waals surface area contributed by atoms with E-state index in [1.54, 1.807) is 10.9 Å². The van der Waals surface area contributed by atoms with Crippen molar-refractivity contribution in [3.05, 3.63) is 12.3 Å². The van der Waals surface area contributed by atoms with Gasteiger partial charge in [0.1, 0.15) is 0 Å². The lowest BCUT2D eigenvalue weighted by atomic mass is 10.5. The first-order valence-corrected chi connectivity index (χ1v) is 6.11. The third kappa shape index (κ3) is 2.55. The van der Waals surface area contributed by atoms with Crippen LogP contribution in [0.4, 0.5) is 0 Å². The number of sulfonamides is 1. The summed E-state index contributed by atoms with van der Waals surface area (Å²) >= 11 is 0. The van der Waals surface area contributed by atoms with Crippen LogP contribution in [-0.4, -0.2) is 24.7 Å². The number of nitrogens with one attached hydrogen (secondary N) is 1. The molecule has 5 nitrogen and oxygen atoms in total. The molecule has 1 rings (SSSR count). The fraction of sp³-hybridized carbons (Fsp3) is 0.625. The van der Waals surface area contributed by atoms with Crippen molar-refractivity contribution in [2.75, 3.05) is 6.54 Å². The van der Waals surface area contributed by atoms with E-state index in [1.807, 2.05) is 13.8 Å². The van der Waals surface area contributed by atoms with Crippen LogP contribution in [0.15, 0.2) is 17.3 Å². The van der Waals surface area contributed by atoms with Gasteiger partial charge >= 0.3 is 0 Å². The maximum atomic E-state index is 11.5. The summed E-state index contributed by atoms with van der Waals surface area (Å²) in [6, 6.07) is 1.50. The van der Waals surface area contributed by atoms with Gasteiger partial charge in [-0.05, 0) is 19.4 Å². The number of rotatable bonds is 5. The zero-order chi connectivity index (χ0) is 10.6. The highest BCUT2D eigenvalue weighted by atomic mass is 32.2. The highest BCUT2D eigenvalue weighted by Gasteiger charge is 2.15. The minimum absolute atomic E-state index is 0.0906. The summed E-state index contributed by atoms with van der Waals surface area (Å²) in [5.74, 6) is 0. The Morgan fingerprint density at radius 3 is 2.71 bits per heavy atom. The van der Waals surface area contributed by atoms with Crippen LogP contribution in [0.5, 0.6) is 0 Å². The number of hydrogen-bond acceptors (Lipinski definition) is 3. The Balaban J connectivity index is 2.81. The van der Waals surface area contributed by atoms with E-state index >= 15 is 0 Å². The molecule has 0 aliphatic heterocycles. The number of aryl methyl sites for hydroxylation is 1. The minimum Gasteiger partial charge on any atom is -0.272 e. The molecule has 1 aromatic rings. The predicted molar refractivity (Wildman–Crippen MR) is 53.4 cm³/mol. The van der Waals surface area contributed by atoms with Crippen LogP contribution in [0.2, 0.25) is 0 Å². The van der Waals surface area contributed by atoms with E-state index in [-0.39, 0.29) is 5.03 Å². The van der Waals surface area contributed by atoms with Crippen molar-refractivity contribution in [2.45, 2.75) is 31.8 Å². The molecule has 0 amide bonds. The first-order chi connectivity index (χ1) is 6.60. The molecule has 0 bridgehead atoms. The van der Waals surface area contributed by atoms with Gasteiger partial charge in [0.15, 0.2) is 5.03 Å². The fourth-order valence-electron chi connectivity index (χ4n) is 0.973. The third-order valence-corrected chi connectivity index (χ3v) is 3.11. The minimum atomic E-state index is -3.39. The molecule has 0 unspecified atom stereocenters. The van der Waals surface area contributed by atoms with Gasteiger partial charge in [0.25, 0.3) is 10.0 Å². The van der Waals surface area contributed by atoms with E-state index in [9.17, 15) is 8.42 Å². The van der Waals surface area contributed by atoms with Crippen LogP contribution in [0.25, 0.3) is 0 Å². The van der Waals surface area contributed by atoms with E-state index in [1.165, 1.54) is 6.07 Å². The summed E-state index contributed by atoms with van der Waals surface area (Å²) in [5, 5.41) is 4.01. The maximum absolute atomic E-state index is 11.5. The Kier molecular flexibility index (Phi) is 3.65. The first-order valence-electron chi connectivity index (χ1n) is 4.63. The van der Waals surface area contributed by atoms with Crippen LogP contribution in [0.3, 0.4) is 0 Å². The second kappa shape index (κ2) is 4.56. The molecule has 0 aliphatic carbocycles. The molecule has 80 valence electrons. The van der Waals surface area contributed by atoms with Crippen molar-refractivity contribution in [3.63, 3.8) is 0 Å². The lowest BCUT2D eigenvalue weighted by molar-refractivity contribution is 0.568. The van der Waals surface area contributed by atoms with Crippen LogP contribution < -0.4 is 4.72 Å². The number of nitrogens with zero attached hydrogens (tertiary/aromatic N) is 2. The van der Waals surface area contributed by atoms with Crippen molar-refractivity contribution in [1.82, 2.24) is 14.5 Å². The second-order valence-corrected chi connectivity index (χ2v) is 4.62. The summed E-state index contributed by atoms with van der Waals surface area (Å²) in [5.41, 5.74) is 0. The van der Waals surface area contributed by atoms with Gasteiger partial charge < -0.3 is 0 Å². The van der Waals surface area contributed by atoms with E-state index in [2.05, 4.69) is 9.82 Å². The zero-order valence-electron chi connectivity index (χ0n) is 8.40. The summed E-state index contributed by atoms with van der Waals surface area (Å²) < 4.78 is 27.1. The van der Waals surface area contributed by atoms with Gasteiger partial charge in [-0.15, -0.1) is 0 Å². The normalized spacial score (nSPS) is 11.9. The highest BCUT2D eigenvalue weighted by Crippen LogP contribution is 2.04. The van der Waals surface area contributed by atoms with Gasteiger partial charge in [-0.25, -0.2) is 13.1 Å². The van der Waals surface area contributed by atoms with Gasteiger partial charge in [-0.2, -0.15) is 5.10 Å². The highest BCUT2D eigenvalue weighted by molar-refractivity contribution is 7.89. The van der Waals surface area contributed by atoms with E-state index < -0.39 is 10.0 Å². The molecule has 0 atom stereocenters. The van der Waals surface area contributed by atoms with E-state index in [4.69, 9.17) is 0 Å². The third-order valence-electron chi connectivity index (χ3n) is 1.76. The summed E-state index contributed by atoms with van der Waals surface area (Å²) in [4.78, 5) is 0. The molecule has 14 heavy (non-hydrogen) atoms. The average molecular weight is 217 g/mol. The van der Waals surface area contributed by atoms with Crippen LogP contribution >= 0.6 is 0 Å². The van der Waals surface area contributed by atoms with Crippen LogP contribution in [0.1, 0.15) is 20.3 Å². The predicted octanol–water partition coefficient (Wildman–Crippen LogP) is 0.591. The van der Waals surface area contributed by atoms with E-state index in [0.717, 1.165) is 6.42 Å². The molecule has 0 aromatic carbocycles. The smallest absolute Gasteiger partial charge is 0.259 e. The Morgan fingerprint density at radius 2 is 2.21 bits per heavy atom. The second-order valence-electron chi connectivity index (χ2n) is 2.91. The molecule has 0 aliphatic rings. The lowest BCUT2D eigenvalue weighted by Crippen LogP contribution is -2.24. The SMILES string of the molecule is CCCNS(=O)(=O)c1ccn(CC)n1. The monoisotopic (exact) mass is 217 g/mol. The summed E-state index contributed by atoms with van der Waals surface area (Å²) in [6.45, 7) is 4.93. The standard InChI is InChI=1S/C8H15N3O2S/c1-3-6-9-14(12,13)8-5-7-11(4-2)10-8/h5,7,9H,3-4,6H2,1-2H3. The molecule has 1 aromatic heterocycles. The largest absolute Gasteiger partial charge is 0.272 e. The molecular formula is C8H15N3O2S. The molecular weight excluding hydrogens is 202 g/mol. The number of aromatic nitrogens is 2. The summed E-state index contributed by atoms with van der Waals surface area (Å²) in [6.07, 6.45) is 2.42. The topological polar surface area (TPSA) is 64.0 Å². The van der Waals surface area contributed by atoms with Gasteiger partial charge in [0.05, 0.1) is 0 Å².